The number of ether oxygens (including phenoxy) is 2. The summed E-state index contributed by atoms with van der Waals surface area (Å²) in [5, 5.41) is 12.3. The molecule has 0 saturated heterocycles. The quantitative estimate of drug-likeness (QED) is 0.296. The topological polar surface area (TPSA) is 135 Å². The number of aromatic nitrogens is 2. The molecule has 0 aromatic carbocycles. The highest BCUT2D eigenvalue weighted by molar-refractivity contribution is 5.99. The molecule has 1 aliphatic heterocycles. The average molecular weight is 394 g/mol. The SMILES string of the molecule is CCOC(=O)C1=C(C)NC(C)=C(C(=O)OCCO[N+](=O)[O-])C1c1cncn1C. The monoisotopic (exact) mass is 394 g/mol. The van der Waals surface area contributed by atoms with Crippen molar-refractivity contribution in [3.63, 3.8) is 0 Å². The number of hydrogen-bond acceptors (Lipinski definition) is 9. The van der Waals surface area contributed by atoms with Crippen LogP contribution in [0.3, 0.4) is 0 Å². The Morgan fingerprint density at radius 1 is 1.21 bits per heavy atom. The maximum absolute atomic E-state index is 12.8. The van der Waals surface area contributed by atoms with E-state index in [0.717, 1.165) is 0 Å². The van der Waals surface area contributed by atoms with Crippen molar-refractivity contribution in [1.82, 2.24) is 14.9 Å². The first-order valence-electron chi connectivity index (χ1n) is 8.54. The molecule has 2 heterocycles. The molecule has 0 fully saturated rings. The van der Waals surface area contributed by atoms with Crippen LogP contribution in [0.2, 0.25) is 0 Å². The lowest BCUT2D eigenvalue weighted by Gasteiger charge is -2.30. The second kappa shape index (κ2) is 9.02. The van der Waals surface area contributed by atoms with E-state index in [2.05, 4.69) is 15.1 Å². The third-order valence-corrected chi connectivity index (χ3v) is 4.14. The summed E-state index contributed by atoms with van der Waals surface area (Å²) in [5.41, 5.74) is 2.10. The first-order valence-corrected chi connectivity index (χ1v) is 8.54. The van der Waals surface area contributed by atoms with Gasteiger partial charge >= 0.3 is 11.9 Å². The number of hydrogen-bond donors (Lipinski definition) is 1. The summed E-state index contributed by atoms with van der Waals surface area (Å²) in [6, 6.07) is 0. The largest absolute Gasteiger partial charge is 0.463 e. The number of aryl methyl sites for hydroxylation is 1. The summed E-state index contributed by atoms with van der Waals surface area (Å²) in [4.78, 5) is 43.8. The van der Waals surface area contributed by atoms with E-state index >= 15 is 0 Å². The molecule has 0 spiro atoms. The smallest absolute Gasteiger partial charge is 0.336 e. The summed E-state index contributed by atoms with van der Waals surface area (Å²) in [5.74, 6) is -2.05. The summed E-state index contributed by atoms with van der Waals surface area (Å²) >= 11 is 0. The molecule has 11 nitrogen and oxygen atoms in total. The molecular formula is C17H22N4O7. The Balaban J connectivity index is 2.39. The van der Waals surface area contributed by atoms with Crippen molar-refractivity contribution in [2.45, 2.75) is 26.7 Å². The molecule has 1 aliphatic rings. The van der Waals surface area contributed by atoms with E-state index in [4.69, 9.17) is 9.47 Å². The zero-order chi connectivity index (χ0) is 20.8. The van der Waals surface area contributed by atoms with Gasteiger partial charge in [0.2, 0.25) is 0 Å². The minimum Gasteiger partial charge on any atom is -0.463 e. The van der Waals surface area contributed by atoms with Gasteiger partial charge in [-0.15, -0.1) is 10.1 Å². The van der Waals surface area contributed by atoms with Gasteiger partial charge in [-0.25, -0.2) is 14.6 Å². The van der Waals surface area contributed by atoms with Crippen LogP contribution < -0.4 is 5.32 Å². The van der Waals surface area contributed by atoms with Crippen LogP contribution in [0.5, 0.6) is 0 Å². The Bertz CT molecular complexity index is 840. The fourth-order valence-electron chi connectivity index (χ4n) is 3.01. The highest BCUT2D eigenvalue weighted by Gasteiger charge is 2.39. The van der Waals surface area contributed by atoms with E-state index in [1.165, 1.54) is 0 Å². The predicted octanol–water partition coefficient (Wildman–Crippen LogP) is 0.969. The molecule has 1 N–H and O–H groups in total. The van der Waals surface area contributed by atoms with Crippen LogP contribution in [0.25, 0.3) is 0 Å². The number of nitrogens with zero attached hydrogens (tertiary/aromatic N) is 3. The number of dihydropyridines is 1. The predicted molar refractivity (Wildman–Crippen MR) is 95.0 cm³/mol. The molecule has 0 aliphatic carbocycles. The van der Waals surface area contributed by atoms with E-state index < -0.39 is 29.6 Å². The summed E-state index contributed by atoms with van der Waals surface area (Å²) < 4.78 is 12.0. The summed E-state index contributed by atoms with van der Waals surface area (Å²) in [7, 11) is 1.74. The third-order valence-electron chi connectivity index (χ3n) is 4.14. The zero-order valence-electron chi connectivity index (χ0n) is 16.1. The van der Waals surface area contributed by atoms with E-state index in [1.54, 1.807) is 44.9 Å². The van der Waals surface area contributed by atoms with Crippen molar-refractivity contribution < 1.29 is 29.0 Å². The van der Waals surface area contributed by atoms with E-state index in [-0.39, 0.29) is 24.4 Å². The molecule has 1 aromatic heterocycles. The fourth-order valence-corrected chi connectivity index (χ4v) is 3.01. The summed E-state index contributed by atoms with van der Waals surface area (Å²) in [6.07, 6.45) is 3.11. The van der Waals surface area contributed by atoms with Gasteiger partial charge in [0, 0.05) is 30.3 Å². The van der Waals surface area contributed by atoms with Crippen LogP contribution >= 0.6 is 0 Å². The van der Waals surface area contributed by atoms with Crippen LogP contribution in [0.1, 0.15) is 32.4 Å². The molecule has 0 radical (unpaired) electrons. The van der Waals surface area contributed by atoms with Gasteiger partial charge in [-0.05, 0) is 20.8 Å². The minimum absolute atomic E-state index is 0.175. The van der Waals surface area contributed by atoms with Crippen LogP contribution in [0.4, 0.5) is 0 Å². The molecule has 1 aromatic rings. The van der Waals surface area contributed by atoms with Crippen molar-refractivity contribution in [2.24, 2.45) is 7.05 Å². The molecule has 1 atom stereocenters. The highest BCUT2D eigenvalue weighted by atomic mass is 17.0. The molecule has 2 rings (SSSR count). The second-order valence-corrected chi connectivity index (χ2v) is 5.98. The molecule has 28 heavy (non-hydrogen) atoms. The van der Waals surface area contributed by atoms with Crippen molar-refractivity contribution in [3.05, 3.63) is 50.9 Å². The van der Waals surface area contributed by atoms with Gasteiger partial charge in [0.15, 0.2) is 0 Å². The van der Waals surface area contributed by atoms with Crippen LogP contribution in [0, 0.1) is 10.1 Å². The number of esters is 2. The molecule has 0 saturated carbocycles. The second-order valence-electron chi connectivity index (χ2n) is 5.98. The standard InChI is InChI=1S/C17H22N4O7/c1-5-26-16(22)13-10(2)19-11(3)14(15(13)12-8-18-9-20(12)4)17(23)27-6-7-28-21(24)25/h8-9,15,19H,5-7H2,1-4H3. The van der Waals surface area contributed by atoms with Crippen molar-refractivity contribution in [3.8, 4) is 0 Å². The van der Waals surface area contributed by atoms with Gasteiger partial charge in [0.1, 0.15) is 13.2 Å². The maximum atomic E-state index is 12.8. The molecule has 11 heteroatoms. The Morgan fingerprint density at radius 3 is 2.32 bits per heavy atom. The zero-order valence-corrected chi connectivity index (χ0v) is 16.1. The Hall–Kier alpha value is -3.37. The number of nitrogens with one attached hydrogen (secondary N) is 1. The highest BCUT2D eigenvalue weighted by Crippen LogP contribution is 2.38. The normalized spacial score (nSPS) is 16.5. The lowest BCUT2D eigenvalue weighted by Crippen LogP contribution is -2.33. The van der Waals surface area contributed by atoms with Gasteiger partial charge in [-0.1, -0.05) is 0 Å². The minimum atomic E-state index is -0.968. The van der Waals surface area contributed by atoms with Crippen LogP contribution in [0.15, 0.2) is 35.1 Å². The van der Waals surface area contributed by atoms with Crippen molar-refractivity contribution in [1.29, 1.82) is 0 Å². The van der Waals surface area contributed by atoms with E-state index in [1.807, 2.05) is 0 Å². The number of carbonyl (C=O) groups excluding carboxylic acids is 2. The van der Waals surface area contributed by atoms with Crippen LogP contribution in [-0.2, 0) is 30.9 Å². The van der Waals surface area contributed by atoms with Crippen LogP contribution in [-0.4, -0.2) is 46.4 Å². The number of allylic oxidation sites excluding steroid dienone is 2. The number of carbonyl (C=O) groups is 2. The molecule has 0 amide bonds. The Kier molecular flexibility index (Phi) is 6.74. The number of rotatable bonds is 8. The van der Waals surface area contributed by atoms with Crippen molar-refractivity contribution >= 4 is 11.9 Å². The van der Waals surface area contributed by atoms with E-state index in [9.17, 15) is 19.7 Å². The summed E-state index contributed by atoms with van der Waals surface area (Å²) in [6.45, 7) is 4.55. The maximum Gasteiger partial charge on any atom is 0.336 e. The third kappa shape index (κ3) is 4.48. The molecule has 1 unspecified atom stereocenters. The lowest BCUT2D eigenvalue weighted by molar-refractivity contribution is -0.757. The van der Waals surface area contributed by atoms with Gasteiger partial charge in [0.05, 0.1) is 30.0 Å². The van der Waals surface area contributed by atoms with Gasteiger partial charge in [0.25, 0.3) is 5.09 Å². The average Bonchev–Trinajstić information content (AvgIpc) is 3.03. The lowest BCUT2D eigenvalue weighted by atomic mass is 9.83. The number of imidazole rings is 1. The van der Waals surface area contributed by atoms with Gasteiger partial charge in [-0.2, -0.15) is 0 Å². The molecular weight excluding hydrogens is 372 g/mol. The Morgan fingerprint density at radius 2 is 1.82 bits per heavy atom. The van der Waals surface area contributed by atoms with Gasteiger partial charge < -0.3 is 24.2 Å². The first kappa shape index (κ1) is 20.9. The fraction of sp³-hybridized carbons (Fsp3) is 0.471. The molecule has 0 bridgehead atoms. The Labute approximate surface area is 161 Å². The van der Waals surface area contributed by atoms with E-state index in [0.29, 0.717) is 17.1 Å². The molecule has 152 valence electrons. The first-order chi connectivity index (χ1) is 13.3. The van der Waals surface area contributed by atoms with Crippen molar-refractivity contribution in [2.75, 3.05) is 19.8 Å². The van der Waals surface area contributed by atoms with Gasteiger partial charge in [-0.3, -0.25) is 0 Å².